The Kier molecular flexibility index (Phi) is 4.91. The second-order valence-electron chi connectivity index (χ2n) is 6.54. The number of amides is 1. The van der Waals surface area contributed by atoms with Crippen molar-refractivity contribution in [1.82, 2.24) is 0 Å². The molecule has 3 aromatic carbocycles. The third-order valence-corrected chi connectivity index (χ3v) is 5.04. The fourth-order valence-electron chi connectivity index (χ4n) is 3.44. The monoisotopic (exact) mass is 407 g/mol. The van der Waals surface area contributed by atoms with Gasteiger partial charge in [0.15, 0.2) is 11.5 Å². The van der Waals surface area contributed by atoms with Crippen LogP contribution in [0.3, 0.4) is 0 Å². The summed E-state index contributed by atoms with van der Waals surface area (Å²) in [5.74, 6) is -2.67. The number of carbonyl (C=O) groups excluding carboxylic acids is 2. The minimum absolute atomic E-state index is 0.0279. The van der Waals surface area contributed by atoms with E-state index in [0.29, 0.717) is 16.1 Å². The Bertz CT molecular complexity index is 1130. The van der Waals surface area contributed by atoms with E-state index in [9.17, 15) is 19.1 Å². The highest BCUT2D eigenvalue weighted by molar-refractivity contribution is 6.30. The molecule has 1 aliphatic heterocycles. The molecule has 0 spiro atoms. The van der Waals surface area contributed by atoms with Crippen molar-refractivity contribution in [3.8, 4) is 0 Å². The van der Waals surface area contributed by atoms with E-state index in [-0.39, 0.29) is 11.3 Å². The molecule has 144 valence electrons. The standard InChI is InChI=1S/C23H15ClFNO3/c24-16-12-10-14(11-13-16)20-19(21(27)15-6-2-1-3-7-15)22(28)23(29)26(20)18-9-5-4-8-17(18)25/h1-13,20,28H. The van der Waals surface area contributed by atoms with Crippen molar-refractivity contribution in [1.29, 1.82) is 0 Å². The number of nitrogens with zero attached hydrogens (tertiary/aromatic N) is 1. The van der Waals surface area contributed by atoms with Crippen LogP contribution in [0, 0.1) is 5.82 Å². The van der Waals surface area contributed by atoms with Crippen molar-refractivity contribution in [3.63, 3.8) is 0 Å². The summed E-state index contributed by atoms with van der Waals surface area (Å²) < 4.78 is 14.5. The quantitative estimate of drug-likeness (QED) is 0.600. The van der Waals surface area contributed by atoms with Gasteiger partial charge in [0.05, 0.1) is 17.3 Å². The van der Waals surface area contributed by atoms with Gasteiger partial charge in [-0.2, -0.15) is 0 Å². The highest BCUT2D eigenvalue weighted by Crippen LogP contribution is 2.42. The third-order valence-electron chi connectivity index (χ3n) is 4.79. The molecule has 29 heavy (non-hydrogen) atoms. The molecule has 0 saturated heterocycles. The first-order valence-corrected chi connectivity index (χ1v) is 9.23. The fraction of sp³-hybridized carbons (Fsp3) is 0.0435. The first-order valence-electron chi connectivity index (χ1n) is 8.85. The number of halogens is 2. The van der Waals surface area contributed by atoms with Crippen LogP contribution in [0.25, 0.3) is 0 Å². The van der Waals surface area contributed by atoms with Crippen LogP contribution in [0.15, 0.2) is 90.2 Å². The van der Waals surface area contributed by atoms with Gasteiger partial charge in [-0.05, 0) is 29.8 Å². The van der Waals surface area contributed by atoms with Crippen LogP contribution >= 0.6 is 11.6 Å². The van der Waals surface area contributed by atoms with Crippen molar-refractivity contribution >= 4 is 29.0 Å². The Morgan fingerprint density at radius 1 is 0.931 bits per heavy atom. The molecular formula is C23H15ClFNO3. The van der Waals surface area contributed by atoms with Crippen LogP contribution in [0.2, 0.25) is 5.02 Å². The van der Waals surface area contributed by atoms with Gasteiger partial charge in [0, 0.05) is 10.6 Å². The van der Waals surface area contributed by atoms with Gasteiger partial charge in [0.1, 0.15) is 5.82 Å². The van der Waals surface area contributed by atoms with Gasteiger partial charge >= 0.3 is 0 Å². The number of Topliss-reactive ketones (excluding diaryl/α,β-unsaturated/α-hetero) is 1. The molecule has 0 aliphatic carbocycles. The van der Waals surface area contributed by atoms with Crippen molar-refractivity contribution in [2.24, 2.45) is 0 Å². The van der Waals surface area contributed by atoms with E-state index in [4.69, 9.17) is 11.6 Å². The number of para-hydroxylation sites is 1. The zero-order chi connectivity index (χ0) is 20.5. The molecule has 1 N–H and O–H groups in total. The molecule has 0 fully saturated rings. The Balaban J connectivity index is 1.90. The van der Waals surface area contributed by atoms with Crippen molar-refractivity contribution in [2.75, 3.05) is 4.90 Å². The summed E-state index contributed by atoms with van der Waals surface area (Å²) >= 11 is 5.98. The first-order chi connectivity index (χ1) is 14.0. The minimum atomic E-state index is -0.996. The van der Waals surface area contributed by atoms with Crippen LogP contribution in [0.1, 0.15) is 22.0 Å². The number of aliphatic hydroxyl groups excluding tert-OH is 1. The van der Waals surface area contributed by atoms with E-state index in [1.54, 1.807) is 60.7 Å². The lowest BCUT2D eigenvalue weighted by Crippen LogP contribution is -2.31. The van der Waals surface area contributed by atoms with E-state index < -0.39 is 29.3 Å². The number of rotatable bonds is 4. The minimum Gasteiger partial charge on any atom is -0.503 e. The zero-order valence-electron chi connectivity index (χ0n) is 15.0. The van der Waals surface area contributed by atoms with Crippen LogP contribution in [-0.4, -0.2) is 16.8 Å². The van der Waals surface area contributed by atoms with E-state index in [1.807, 2.05) is 0 Å². The predicted molar refractivity (Wildman–Crippen MR) is 109 cm³/mol. The molecule has 1 amide bonds. The molecule has 6 heteroatoms. The molecular weight excluding hydrogens is 393 g/mol. The van der Waals surface area contributed by atoms with Crippen LogP contribution in [0.4, 0.5) is 10.1 Å². The molecule has 1 heterocycles. The Morgan fingerprint density at radius 2 is 1.55 bits per heavy atom. The summed E-state index contributed by atoms with van der Waals surface area (Å²) in [4.78, 5) is 27.2. The highest BCUT2D eigenvalue weighted by atomic mass is 35.5. The SMILES string of the molecule is O=C(C1=C(O)C(=O)N(c2ccccc2F)C1c1ccc(Cl)cc1)c1ccccc1. The molecule has 0 saturated carbocycles. The molecule has 0 bridgehead atoms. The maximum atomic E-state index is 14.5. The van der Waals surface area contributed by atoms with Gasteiger partial charge in [-0.1, -0.05) is 66.2 Å². The number of aliphatic hydroxyl groups is 1. The first kappa shape index (κ1) is 18.9. The fourth-order valence-corrected chi connectivity index (χ4v) is 3.56. The predicted octanol–water partition coefficient (Wildman–Crippen LogP) is 5.26. The normalized spacial score (nSPS) is 16.4. The molecule has 3 aromatic rings. The average Bonchev–Trinajstić information content (AvgIpc) is 3.00. The topological polar surface area (TPSA) is 57.6 Å². The van der Waals surface area contributed by atoms with Gasteiger partial charge in [-0.25, -0.2) is 4.39 Å². The number of hydrogen-bond acceptors (Lipinski definition) is 3. The van der Waals surface area contributed by atoms with Crippen molar-refractivity contribution < 1.29 is 19.1 Å². The second-order valence-corrected chi connectivity index (χ2v) is 6.97. The molecule has 0 radical (unpaired) electrons. The summed E-state index contributed by atoms with van der Waals surface area (Å²) in [5, 5.41) is 11.1. The van der Waals surface area contributed by atoms with E-state index >= 15 is 0 Å². The molecule has 4 rings (SSSR count). The molecule has 1 atom stereocenters. The summed E-state index contributed by atoms with van der Waals surface area (Å²) in [6, 6.07) is 19.6. The average molecular weight is 408 g/mol. The van der Waals surface area contributed by atoms with E-state index in [0.717, 1.165) is 4.90 Å². The van der Waals surface area contributed by atoms with Gasteiger partial charge < -0.3 is 5.11 Å². The molecule has 4 nitrogen and oxygen atoms in total. The lowest BCUT2D eigenvalue weighted by atomic mass is 9.92. The van der Waals surface area contributed by atoms with Gasteiger partial charge in [-0.15, -0.1) is 0 Å². The van der Waals surface area contributed by atoms with E-state index in [1.165, 1.54) is 18.2 Å². The summed E-state index contributed by atoms with van der Waals surface area (Å²) in [6.07, 6.45) is 0. The molecule has 1 aliphatic rings. The number of anilines is 1. The maximum Gasteiger partial charge on any atom is 0.294 e. The summed E-state index contributed by atoms with van der Waals surface area (Å²) in [7, 11) is 0. The number of ketones is 1. The number of carbonyl (C=O) groups is 2. The summed E-state index contributed by atoms with van der Waals surface area (Å²) in [5.41, 5.74) is 0.706. The van der Waals surface area contributed by atoms with Crippen LogP contribution in [0.5, 0.6) is 0 Å². The van der Waals surface area contributed by atoms with Gasteiger partial charge in [0.25, 0.3) is 5.91 Å². The summed E-state index contributed by atoms with van der Waals surface area (Å²) in [6.45, 7) is 0. The molecule has 0 aromatic heterocycles. The number of benzene rings is 3. The smallest absolute Gasteiger partial charge is 0.294 e. The zero-order valence-corrected chi connectivity index (χ0v) is 15.8. The van der Waals surface area contributed by atoms with Crippen LogP contribution in [-0.2, 0) is 4.79 Å². The Hall–Kier alpha value is -3.44. The maximum absolute atomic E-state index is 14.5. The third kappa shape index (κ3) is 3.30. The van der Waals surface area contributed by atoms with E-state index in [2.05, 4.69) is 0 Å². The van der Waals surface area contributed by atoms with Crippen molar-refractivity contribution in [2.45, 2.75) is 6.04 Å². The second kappa shape index (κ2) is 7.53. The van der Waals surface area contributed by atoms with Crippen LogP contribution < -0.4 is 4.90 Å². The Labute approximate surface area is 171 Å². The van der Waals surface area contributed by atoms with Crippen molar-refractivity contribution in [3.05, 3.63) is 112 Å². The Morgan fingerprint density at radius 3 is 2.21 bits per heavy atom. The number of hydrogen-bond donors (Lipinski definition) is 1. The highest BCUT2D eigenvalue weighted by Gasteiger charge is 2.45. The van der Waals surface area contributed by atoms with Gasteiger partial charge in [-0.3, -0.25) is 14.5 Å². The largest absolute Gasteiger partial charge is 0.503 e. The lowest BCUT2D eigenvalue weighted by Gasteiger charge is -2.27. The van der Waals surface area contributed by atoms with Gasteiger partial charge in [0.2, 0.25) is 0 Å². The molecule has 1 unspecified atom stereocenters. The lowest BCUT2D eigenvalue weighted by molar-refractivity contribution is -0.117.